The van der Waals surface area contributed by atoms with Crippen LogP contribution in [0.2, 0.25) is 0 Å². The summed E-state index contributed by atoms with van der Waals surface area (Å²) in [5.74, 6) is 0.792. The maximum absolute atomic E-state index is 12.8. The Morgan fingerprint density at radius 1 is 1.00 bits per heavy atom. The molecule has 0 saturated carbocycles. The summed E-state index contributed by atoms with van der Waals surface area (Å²) >= 11 is 0. The Kier molecular flexibility index (Phi) is 4.94. The van der Waals surface area contributed by atoms with Gasteiger partial charge in [0, 0.05) is 44.0 Å². The van der Waals surface area contributed by atoms with E-state index in [1.54, 1.807) is 0 Å². The lowest BCUT2D eigenvalue weighted by molar-refractivity contribution is 0.0624. The average Bonchev–Trinajstić information content (AvgIpc) is 3.12. The van der Waals surface area contributed by atoms with Gasteiger partial charge in [-0.15, -0.1) is 0 Å². The van der Waals surface area contributed by atoms with Gasteiger partial charge in [-0.2, -0.15) is 0 Å². The topological polar surface area (TPSA) is 41.4 Å². The number of hydrogen-bond donors (Lipinski definition) is 0. The molecule has 0 bridgehead atoms. The monoisotopic (exact) mass is 362 g/mol. The molecule has 1 saturated heterocycles. The van der Waals surface area contributed by atoms with Gasteiger partial charge in [0.1, 0.15) is 6.33 Å². The van der Waals surface area contributed by atoms with E-state index in [2.05, 4.69) is 29.8 Å². The number of aromatic nitrogens is 2. The third-order valence-electron chi connectivity index (χ3n) is 5.13. The molecular weight excluding hydrogens is 336 g/mol. The summed E-state index contributed by atoms with van der Waals surface area (Å²) in [6.45, 7) is 9.12. The molecule has 0 unspecified atom stereocenters. The van der Waals surface area contributed by atoms with Gasteiger partial charge in [0.05, 0.1) is 11.0 Å². The number of para-hydroxylation sites is 2. The van der Waals surface area contributed by atoms with E-state index < -0.39 is 0 Å². The highest BCUT2D eigenvalue weighted by Gasteiger charge is 2.22. The molecule has 0 N–H and O–H groups in total. The van der Waals surface area contributed by atoms with Crippen molar-refractivity contribution in [2.75, 3.05) is 32.7 Å². The van der Waals surface area contributed by atoms with Crippen LogP contribution in [0.3, 0.4) is 0 Å². The zero-order valence-electron chi connectivity index (χ0n) is 16.0. The first kappa shape index (κ1) is 17.7. The summed E-state index contributed by atoms with van der Waals surface area (Å²) in [5.41, 5.74) is 3.80. The molecule has 0 aliphatic carbocycles. The Balaban J connectivity index is 1.46. The Morgan fingerprint density at radius 2 is 1.70 bits per heavy atom. The molecular formula is C22H26N4O. The molecule has 0 spiro atoms. The quantitative estimate of drug-likeness (QED) is 0.714. The van der Waals surface area contributed by atoms with Gasteiger partial charge >= 0.3 is 0 Å². The summed E-state index contributed by atoms with van der Waals surface area (Å²) in [5, 5.41) is 0. The number of imidazole rings is 1. The molecule has 0 radical (unpaired) electrons. The highest BCUT2D eigenvalue weighted by Crippen LogP contribution is 2.19. The first-order chi connectivity index (χ1) is 13.1. The largest absolute Gasteiger partial charge is 0.336 e. The summed E-state index contributed by atoms with van der Waals surface area (Å²) < 4.78 is 2.05. The molecule has 3 aromatic rings. The lowest BCUT2D eigenvalue weighted by Gasteiger charge is -2.35. The third kappa shape index (κ3) is 3.74. The molecule has 2 aromatic carbocycles. The van der Waals surface area contributed by atoms with Crippen LogP contribution in [0.25, 0.3) is 16.7 Å². The van der Waals surface area contributed by atoms with Crippen molar-refractivity contribution in [2.24, 2.45) is 5.92 Å². The Bertz CT molecular complexity index is 921. The van der Waals surface area contributed by atoms with Crippen LogP contribution in [0.15, 0.2) is 54.9 Å². The van der Waals surface area contributed by atoms with Gasteiger partial charge in [0.2, 0.25) is 0 Å². The fourth-order valence-corrected chi connectivity index (χ4v) is 3.76. The minimum atomic E-state index is 0.126. The molecule has 1 fully saturated rings. The second kappa shape index (κ2) is 7.53. The second-order valence-corrected chi connectivity index (χ2v) is 7.64. The lowest BCUT2D eigenvalue weighted by Crippen LogP contribution is -2.49. The van der Waals surface area contributed by atoms with Gasteiger partial charge in [-0.1, -0.05) is 26.0 Å². The fraction of sp³-hybridized carbons (Fsp3) is 0.364. The van der Waals surface area contributed by atoms with Gasteiger partial charge < -0.3 is 4.90 Å². The van der Waals surface area contributed by atoms with Crippen molar-refractivity contribution >= 4 is 16.9 Å². The molecule has 2 heterocycles. The maximum Gasteiger partial charge on any atom is 0.253 e. The number of piperazine rings is 1. The number of amides is 1. The van der Waals surface area contributed by atoms with Crippen molar-refractivity contribution < 1.29 is 4.79 Å². The van der Waals surface area contributed by atoms with Crippen molar-refractivity contribution in [3.63, 3.8) is 0 Å². The summed E-state index contributed by atoms with van der Waals surface area (Å²) in [6.07, 6.45) is 1.83. The lowest BCUT2D eigenvalue weighted by atomic mass is 10.1. The van der Waals surface area contributed by atoms with Crippen LogP contribution < -0.4 is 0 Å². The molecule has 140 valence electrons. The van der Waals surface area contributed by atoms with Crippen molar-refractivity contribution in [3.05, 3.63) is 60.4 Å². The van der Waals surface area contributed by atoms with Crippen molar-refractivity contribution in [1.82, 2.24) is 19.4 Å². The van der Waals surface area contributed by atoms with Crippen LogP contribution in [-0.2, 0) is 0 Å². The average molecular weight is 362 g/mol. The highest BCUT2D eigenvalue weighted by atomic mass is 16.2. The molecule has 1 aromatic heterocycles. The summed E-state index contributed by atoms with van der Waals surface area (Å²) in [6, 6.07) is 15.9. The van der Waals surface area contributed by atoms with E-state index in [0.717, 1.165) is 55.0 Å². The Labute approximate surface area is 160 Å². The van der Waals surface area contributed by atoms with Gasteiger partial charge in [0.15, 0.2) is 0 Å². The van der Waals surface area contributed by atoms with Crippen LogP contribution >= 0.6 is 0 Å². The van der Waals surface area contributed by atoms with Crippen LogP contribution in [0.4, 0.5) is 0 Å². The van der Waals surface area contributed by atoms with E-state index in [-0.39, 0.29) is 5.91 Å². The number of carbonyl (C=O) groups excluding carboxylic acids is 1. The zero-order valence-corrected chi connectivity index (χ0v) is 16.0. The Hall–Kier alpha value is -2.66. The standard InChI is InChI=1S/C22H26N4O/c1-17(2)15-24-11-13-25(14-12-24)22(27)18-7-9-19(10-8-18)26-16-23-20-5-3-4-6-21(20)26/h3-10,16-17H,11-15H2,1-2H3. The normalized spacial score (nSPS) is 15.6. The first-order valence-corrected chi connectivity index (χ1v) is 9.66. The van der Waals surface area contributed by atoms with E-state index in [0.29, 0.717) is 5.92 Å². The van der Waals surface area contributed by atoms with E-state index in [4.69, 9.17) is 0 Å². The van der Waals surface area contributed by atoms with Crippen molar-refractivity contribution in [2.45, 2.75) is 13.8 Å². The number of hydrogen-bond acceptors (Lipinski definition) is 3. The second-order valence-electron chi connectivity index (χ2n) is 7.64. The van der Waals surface area contributed by atoms with Crippen LogP contribution in [0, 0.1) is 5.92 Å². The molecule has 1 aliphatic rings. The van der Waals surface area contributed by atoms with Crippen molar-refractivity contribution in [1.29, 1.82) is 0 Å². The van der Waals surface area contributed by atoms with Gasteiger partial charge in [-0.3, -0.25) is 14.3 Å². The predicted octanol–water partition coefficient (Wildman–Crippen LogP) is 3.44. The van der Waals surface area contributed by atoms with Crippen LogP contribution in [-0.4, -0.2) is 58.0 Å². The predicted molar refractivity (Wildman–Crippen MR) is 108 cm³/mol. The van der Waals surface area contributed by atoms with Crippen LogP contribution in [0.5, 0.6) is 0 Å². The molecule has 5 heteroatoms. The molecule has 1 aliphatic heterocycles. The van der Waals surface area contributed by atoms with E-state index in [1.165, 1.54) is 0 Å². The number of carbonyl (C=O) groups is 1. The minimum Gasteiger partial charge on any atom is -0.336 e. The smallest absolute Gasteiger partial charge is 0.253 e. The SMILES string of the molecule is CC(C)CN1CCN(C(=O)c2ccc(-n3cnc4ccccc43)cc2)CC1. The van der Waals surface area contributed by atoms with Gasteiger partial charge in [0.25, 0.3) is 5.91 Å². The Morgan fingerprint density at radius 3 is 2.41 bits per heavy atom. The molecule has 4 rings (SSSR count). The number of fused-ring (bicyclic) bond motifs is 1. The maximum atomic E-state index is 12.8. The number of nitrogens with zero attached hydrogens (tertiary/aromatic N) is 4. The molecule has 27 heavy (non-hydrogen) atoms. The van der Waals surface area contributed by atoms with Gasteiger partial charge in [-0.05, 0) is 42.3 Å². The van der Waals surface area contributed by atoms with Crippen molar-refractivity contribution in [3.8, 4) is 5.69 Å². The fourth-order valence-electron chi connectivity index (χ4n) is 3.76. The summed E-state index contributed by atoms with van der Waals surface area (Å²) in [7, 11) is 0. The molecule has 1 amide bonds. The minimum absolute atomic E-state index is 0.126. The van der Waals surface area contributed by atoms with E-state index in [1.807, 2.05) is 58.3 Å². The molecule has 5 nitrogen and oxygen atoms in total. The van der Waals surface area contributed by atoms with Gasteiger partial charge in [-0.25, -0.2) is 4.98 Å². The van der Waals surface area contributed by atoms with E-state index >= 15 is 0 Å². The van der Waals surface area contributed by atoms with E-state index in [9.17, 15) is 4.79 Å². The van der Waals surface area contributed by atoms with Crippen LogP contribution in [0.1, 0.15) is 24.2 Å². The number of benzene rings is 2. The number of rotatable bonds is 4. The summed E-state index contributed by atoms with van der Waals surface area (Å²) in [4.78, 5) is 21.7. The first-order valence-electron chi connectivity index (χ1n) is 9.66. The highest BCUT2D eigenvalue weighted by molar-refractivity contribution is 5.94. The molecule has 0 atom stereocenters. The third-order valence-corrected chi connectivity index (χ3v) is 5.13. The zero-order chi connectivity index (χ0) is 18.8.